The van der Waals surface area contributed by atoms with Gasteiger partial charge >= 0.3 is 0 Å². The predicted molar refractivity (Wildman–Crippen MR) is 89.8 cm³/mol. The lowest BCUT2D eigenvalue weighted by Crippen LogP contribution is -2.11. The molecule has 1 heterocycles. The van der Waals surface area contributed by atoms with Gasteiger partial charge in [0.1, 0.15) is 5.82 Å². The number of anilines is 3. The number of benzene rings is 2. The maximum atomic E-state index is 5.42. The van der Waals surface area contributed by atoms with E-state index >= 15 is 0 Å². The molecule has 2 aromatic carbocycles. The number of aromatic nitrogens is 2. The number of nitrogens with one attached hydrogen (secondary N) is 2. The number of hydrogen-bond donors (Lipinski definition) is 3. The summed E-state index contributed by atoms with van der Waals surface area (Å²) in [6.45, 7) is 0. The fourth-order valence-corrected chi connectivity index (χ4v) is 2.27. The van der Waals surface area contributed by atoms with Crippen LogP contribution in [0.1, 0.15) is 0 Å². The fourth-order valence-electron chi connectivity index (χ4n) is 1.91. The van der Waals surface area contributed by atoms with Gasteiger partial charge in [-0.3, -0.25) is 5.43 Å². The number of nitrogen functional groups attached to an aromatic ring is 1. The topological polar surface area (TPSA) is 75.9 Å². The van der Waals surface area contributed by atoms with Crippen LogP contribution in [0.5, 0.6) is 0 Å². The Morgan fingerprint density at radius 3 is 2.45 bits per heavy atom. The average molecular weight is 377 g/mol. The quantitative estimate of drug-likeness (QED) is 0.371. The van der Waals surface area contributed by atoms with Crippen molar-refractivity contribution in [1.29, 1.82) is 0 Å². The number of rotatable bonds is 3. The number of nitrogens with zero attached hydrogens (tertiary/aromatic N) is 2. The monoisotopic (exact) mass is 377 g/mol. The zero-order valence-electron chi connectivity index (χ0n) is 10.5. The molecule has 3 aromatic rings. The summed E-state index contributed by atoms with van der Waals surface area (Å²) < 4.78 is 1.19. The fraction of sp³-hybridized carbons (Fsp3) is 0. The van der Waals surface area contributed by atoms with E-state index in [1.54, 1.807) is 0 Å². The highest BCUT2D eigenvalue weighted by atomic mass is 127. The van der Waals surface area contributed by atoms with E-state index in [0.717, 1.165) is 22.4 Å². The molecule has 0 aliphatic carbocycles. The molecule has 20 heavy (non-hydrogen) atoms. The number of halogens is 1. The van der Waals surface area contributed by atoms with E-state index in [0.29, 0.717) is 5.95 Å². The molecular formula is C14H12IN5. The van der Waals surface area contributed by atoms with Crippen LogP contribution < -0.4 is 16.6 Å². The molecular weight excluding hydrogens is 365 g/mol. The van der Waals surface area contributed by atoms with Crippen LogP contribution in [0.2, 0.25) is 0 Å². The van der Waals surface area contributed by atoms with Gasteiger partial charge < -0.3 is 5.32 Å². The molecule has 0 unspecified atom stereocenters. The Hall–Kier alpha value is -1.93. The minimum absolute atomic E-state index is 0.386. The summed E-state index contributed by atoms with van der Waals surface area (Å²) in [7, 11) is 0. The third-order valence-corrected chi connectivity index (χ3v) is 3.56. The van der Waals surface area contributed by atoms with Crippen molar-refractivity contribution in [3.63, 3.8) is 0 Å². The van der Waals surface area contributed by atoms with Gasteiger partial charge in [-0.25, -0.2) is 10.8 Å². The molecule has 0 amide bonds. The number of para-hydroxylation sites is 1. The van der Waals surface area contributed by atoms with E-state index in [1.807, 2.05) is 48.5 Å². The van der Waals surface area contributed by atoms with Crippen molar-refractivity contribution in [1.82, 2.24) is 9.97 Å². The minimum Gasteiger partial charge on any atom is -0.340 e. The van der Waals surface area contributed by atoms with Crippen LogP contribution in [0.25, 0.3) is 10.9 Å². The van der Waals surface area contributed by atoms with Crippen molar-refractivity contribution < 1.29 is 0 Å². The average Bonchev–Trinajstić information content (AvgIpc) is 2.49. The van der Waals surface area contributed by atoms with Crippen molar-refractivity contribution in [3.05, 3.63) is 52.1 Å². The van der Waals surface area contributed by atoms with Crippen molar-refractivity contribution in [2.45, 2.75) is 0 Å². The molecule has 0 aliphatic rings. The first-order chi connectivity index (χ1) is 9.76. The Morgan fingerprint density at radius 1 is 0.950 bits per heavy atom. The van der Waals surface area contributed by atoms with Crippen molar-refractivity contribution in [2.75, 3.05) is 10.7 Å². The van der Waals surface area contributed by atoms with Gasteiger partial charge in [0.25, 0.3) is 0 Å². The molecule has 0 bridgehead atoms. The van der Waals surface area contributed by atoms with Gasteiger partial charge in [0.2, 0.25) is 5.95 Å². The van der Waals surface area contributed by atoms with Gasteiger partial charge in [-0.2, -0.15) is 4.98 Å². The number of hydrogen-bond acceptors (Lipinski definition) is 5. The Labute approximate surface area is 129 Å². The summed E-state index contributed by atoms with van der Waals surface area (Å²) in [6.07, 6.45) is 0. The Bertz CT molecular complexity index is 742. The molecule has 4 N–H and O–H groups in total. The maximum Gasteiger partial charge on any atom is 0.239 e. The molecule has 0 radical (unpaired) electrons. The summed E-state index contributed by atoms with van der Waals surface area (Å²) in [4.78, 5) is 8.70. The Morgan fingerprint density at radius 2 is 1.70 bits per heavy atom. The zero-order valence-corrected chi connectivity index (χ0v) is 12.6. The molecule has 100 valence electrons. The van der Waals surface area contributed by atoms with Gasteiger partial charge in [-0.1, -0.05) is 12.1 Å². The second-order valence-corrected chi connectivity index (χ2v) is 5.43. The Kier molecular flexibility index (Phi) is 3.66. The van der Waals surface area contributed by atoms with E-state index in [4.69, 9.17) is 5.84 Å². The third-order valence-electron chi connectivity index (χ3n) is 2.84. The molecule has 6 heteroatoms. The normalized spacial score (nSPS) is 10.5. The second-order valence-electron chi connectivity index (χ2n) is 4.19. The molecule has 0 spiro atoms. The minimum atomic E-state index is 0.386. The molecule has 0 aliphatic heterocycles. The molecule has 0 saturated heterocycles. The van der Waals surface area contributed by atoms with Crippen molar-refractivity contribution in [3.8, 4) is 0 Å². The van der Waals surface area contributed by atoms with Crippen LogP contribution in [0.15, 0.2) is 48.5 Å². The first kappa shape index (κ1) is 13.1. The summed E-state index contributed by atoms with van der Waals surface area (Å²) in [5.41, 5.74) is 4.30. The maximum absolute atomic E-state index is 5.42. The van der Waals surface area contributed by atoms with Crippen molar-refractivity contribution >= 4 is 50.9 Å². The summed E-state index contributed by atoms with van der Waals surface area (Å²) in [5, 5.41) is 4.25. The van der Waals surface area contributed by atoms with Gasteiger partial charge in [-0.05, 0) is 59.0 Å². The summed E-state index contributed by atoms with van der Waals surface area (Å²) in [6, 6.07) is 15.9. The van der Waals surface area contributed by atoms with Gasteiger partial charge in [0.15, 0.2) is 0 Å². The molecule has 0 fully saturated rings. The second kappa shape index (κ2) is 5.59. The molecule has 0 saturated carbocycles. The van der Waals surface area contributed by atoms with E-state index in [1.165, 1.54) is 3.57 Å². The third kappa shape index (κ3) is 2.66. The molecule has 3 rings (SSSR count). The van der Waals surface area contributed by atoms with Crippen molar-refractivity contribution in [2.24, 2.45) is 5.84 Å². The Balaban J connectivity index is 2.07. The number of hydrazine groups is 1. The van der Waals surface area contributed by atoms with E-state index < -0.39 is 0 Å². The number of nitrogens with two attached hydrogens (primary N) is 1. The van der Waals surface area contributed by atoms with Gasteiger partial charge in [-0.15, -0.1) is 0 Å². The van der Waals surface area contributed by atoms with Crippen LogP contribution in [0.3, 0.4) is 0 Å². The van der Waals surface area contributed by atoms with Crippen LogP contribution in [-0.2, 0) is 0 Å². The molecule has 5 nitrogen and oxygen atoms in total. The molecule has 0 atom stereocenters. The SMILES string of the molecule is NNc1nc(Nc2ccc(I)cc2)c2ccccc2n1. The van der Waals surface area contributed by atoms with E-state index in [9.17, 15) is 0 Å². The predicted octanol–water partition coefficient (Wildman–Crippen LogP) is 3.26. The summed E-state index contributed by atoms with van der Waals surface area (Å²) >= 11 is 2.27. The highest BCUT2D eigenvalue weighted by Gasteiger charge is 2.07. The lowest BCUT2D eigenvalue weighted by molar-refractivity contribution is 1.15. The molecule has 1 aromatic heterocycles. The van der Waals surface area contributed by atoms with Crippen LogP contribution in [-0.4, -0.2) is 9.97 Å². The van der Waals surface area contributed by atoms with E-state index in [-0.39, 0.29) is 0 Å². The first-order valence-corrected chi connectivity index (χ1v) is 7.10. The number of fused-ring (bicyclic) bond motifs is 1. The van der Waals surface area contributed by atoms with E-state index in [2.05, 4.69) is 43.3 Å². The highest BCUT2D eigenvalue weighted by molar-refractivity contribution is 14.1. The van der Waals surface area contributed by atoms with Gasteiger partial charge in [0, 0.05) is 14.6 Å². The standard InChI is InChI=1S/C14H12IN5/c15-9-5-7-10(8-6-9)17-13-11-3-1-2-4-12(11)18-14(19-13)20-16/h1-8H,16H2,(H2,17,18,19,20). The van der Waals surface area contributed by atoms with Crippen LogP contribution >= 0.6 is 22.6 Å². The van der Waals surface area contributed by atoms with Crippen LogP contribution in [0.4, 0.5) is 17.5 Å². The summed E-state index contributed by atoms with van der Waals surface area (Å²) in [5.74, 6) is 6.53. The highest BCUT2D eigenvalue weighted by Crippen LogP contribution is 2.25. The zero-order chi connectivity index (χ0) is 13.9. The smallest absolute Gasteiger partial charge is 0.239 e. The van der Waals surface area contributed by atoms with Crippen LogP contribution in [0, 0.1) is 3.57 Å². The van der Waals surface area contributed by atoms with Gasteiger partial charge in [0.05, 0.1) is 5.52 Å². The lowest BCUT2D eigenvalue weighted by atomic mass is 10.2. The lowest BCUT2D eigenvalue weighted by Gasteiger charge is -2.10. The first-order valence-electron chi connectivity index (χ1n) is 6.02. The largest absolute Gasteiger partial charge is 0.340 e.